The molecular weight excluding hydrogens is 372 g/mol. The Balaban J connectivity index is 0.000000242. The lowest BCUT2D eigenvalue weighted by Crippen LogP contribution is -2.44. The first-order chi connectivity index (χ1) is 13.2. The van der Waals surface area contributed by atoms with Gasteiger partial charge in [-0.05, 0) is 24.9 Å². The van der Waals surface area contributed by atoms with E-state index in [0.717, 1.165) is 24.9 Å². The van der Waals surface area contributed by atoms with E-state index in [4.69, 9.17) is 20.4 Å². The second-order valence-electron chi connectivity index (χ2n) is 6.49. The van der Waals surface area contributed by atoms with E-state index in [9.17, 15) is 19.2 Å². The van der Waals surface area contributed by atoms with Gasteiger partial charge >= 0.3 is 11.9 Å². The van der Waals surface area contributed by atoms with Crippen LogP contribution >= 0.6 is 0 Å². The monoisotopic (exact) mass is 394 g/mol. The van der Waals surface area contributed by atoms with Gasteiger partial charge in [0.25, 0.3) is 0 Å². The second-order valence-corrected chi connectivity index (χ2v) is 6.49. The Bertz CT molecular complexity index is 696. The first-order valence-electron chi connectivity index (χ1n) is 8.68. The van der Waals surface area contributed by atoms with Crippen LogP contribution in [0.4, 0.5) is 0 Å². The molecular formula is C18H22N2O8. The van der Waals surface area contributed by atoms with Crippen LogP contribution in [-0.4, -0.2) is 73.9 Å². The Labute approximate surface area is 160 Å². The zero-order chi connectivity index (χ0) is 20.8. The van der Waals surface area contributed by atoms with Crippen molar-refractivity contribution in [3.05, 3.63) is 35.9 Å². The van der Waals surface area contributed by atoms with E-state index in [-0.39, 0.29) is 23.8 Å². The summed E-state index contributed by atoms with van der Waals surface area (Å²) in [5.74, 6) is -3.76. The fraction of sp³-hybridized carbons (Fsp3) is 0.444. The minimum Gasteiger partial charge on any atom is -0.479 e. The van der Waals surface area contributed by atoms with E-state index in [0.29, 0.717) is 6.54 Å². The third-order valence-corrected chi connectivity index (χ3v) is 4.56. The predicted molar refractivity (Wildman–Crippen MR) is 93.8 cm³/mol. The average Bonchev–Trinajstić information content (AvgIpc) is 2.93. The molecule has 5 N–H and O–H groups in total. The molecule has 0 aliphatic carbocycles. The maximum atomic E-state index is 12.2. The molecule has 10 nitrogen and oxygen atoms in total. The van der Waals surface area contributed by atoms with Gasteiger partial charge in [-0.3, -0.25) is 14.5 Å². The number of likely N-dealkylation sites (tertiary alicyclic amines) is 1. The van der Waals surface area contributed by atoms with Crippen LogP contribution in [0, 0.1) is 5.92 Å². The number of carboxylic acids is 2. The molecule has 0 spiro atoms. The Morgan fingerprint density at radius 1 is 1.04 bits per heavy atom. The van der Waals surface area contributed by atoms with Crippen molar-refractivity contribution in [3.8, 4) is 0 Å². The van der Waals surface area contributed by atoms with Crippen molar-refractivity contribution in [2.24, 2.45) is 5.92 Å². The molecule has 0 unspecified atom stereocenters. The standard InChI is InChI=1S/C14H16N2O2.C4H6O6/c17-13-11-7-4-8-15-12(11)14(18)16(13)9-10-5-2-1-3-6-10;5-1(3(7)8)2(6)4(9)10/h1-3,5-6,11-12,15H,4,7-9H2;1-2,5-6H,(H,7,8)(H,9,10)/t11-,12+;1-,2-/m10/s1. The van der Waals surface area contributed by atoms with Gasteiger partial charge in [0.05, 0.1) is 18.5 Å². The number of hydrogen-bond acceptors (Lipinski definition) is 7. The van der Waals surface area contributed by atoms with Gasteiger partial charge in [0.2, 0.25) is 11.8 Å². The lowest BCUT2D eigenvalue weighted by Gasteiger charge is -2.21. The van der Waals surface area contributed by atoms with Crippen LogP contribution in [0.15, 0.2) is 30.3 Å². The minimum atomic E-state index is -2.27. The van der Waals surface area contributed by atoms with Crippen LogP contribution in [0.5, 0.6) is 0 Å². The predicted octanol–water partition coefficient (Wildman–Crippen LogP) is -1.20. The molecule has 1 aromatic rings. The van der Waals surface area contributed by atoms with Crippen LogP contribution in [0.3, 0.4) is 0 Å². The Hall–Kier alpha value is -2.82. The molecule has 0 radical (unpaired) electrons. The molecule has 2 fully saturated rings. The van der Waals surface area contributed by atoms with E-state index < -0.39 is 24.1 Å². The number of hydrogen-bond donors (Lipinski definition) is 5. The molecule has 2 heterocycles. The normalized spacial score (nSPS) is 23.3. The van der Waals surface area contributed by atoms with Crippen LogP contribution in [0.2, 0.25) is 0 Å². The number of nitrogens with zero attached hydrogens (tertiary/aromatic N) is 1. The molecule has 2 saturated heterocycles. The second kappa shape index (κ2) is 9.40. The number of rotatable bonds is 5. The highest BCUT2D eigenvalue weighted by Gasteiger charge is 2.48. The van der Waals surface area contributed by atoms with E-state index in [2.05, 4.69) is 5.32 Å². The summed E-state index contributed by atoms with van der Waals surface area (Å²) in [6.07, 6.45) is -2.73. The third-order valence-electron chi connectivity index (χ3n) is 4.56. The number of piperidine rings is 1. The van der Waals surface area contributed by atoms with Crippen LogP contribution in [0.1, 0.15) is 18.4 Å². The fourth-order valence-electron chi connectivity index (χ4n) is 3.08. The van der Waals surface area contributed by atoms with Gasteiger partial charge in [0, 0.05) is 0 Å². The maximum Gasteiger partial charge on any atom is 0.335 e. The molecule has 2 aliphatic rings. The topological polar surface area (TPSA) is 164 Å². The molecule has 2 aliphatic heterocycles. The number of imide groups is 1. The Morgan fingerprint density at radius 2 is 1.61 bits per heavy atom. The summed E-state index contributed by atoms with van der Waals surface area (Å²) in [6.45, 7) is 1.23. The van der Waals surface area contributed by atoms with Crippen molar-refractivity contribution >= 4 is 23.8 Å². The summed E-state index contributed by atoms with van der Waals surface area (Å²) in [5, 5.41) is 35.7. The number of carbonyl (C=O) groups is 4. The SMILES string of the molecule is O=C(O)[C@@H](O)[C@H](O)C(=O)O.O=C1[C@H]2NCCC[C@H]2C(=O)N1Cc1ccccc1. The summed E-state index contributed by atoms with van der Waals surface area (Å²) in [5.41, 5.74) is 0.998. The third kappa shape index (κ3) is 4.91. The minimum absolute atomic E-state index is 0.0129. The number of carbonyl (C=O) groups excluding carboxylic acids is 2. The molecule has 0 saturated carbocycles. The number of nitrogens with one attached hydrogen (secondary N) is 1. The summed E-state index contributed by atoms with van der Waals surface area (Å²) in [6, 6.07) is 9.37. The summed E-state index contributed by atoms with van der Waals surface area (Å²) >= 11 is 0. The smallest absolute Gasteiger partial charge is 0.335 e. The highest BCUT2D eigenvalue weighted by atomic mass is 16.4. The number of aliphatic hydroxyl groups excluding tert-OH is 2. The van der Waals surface area contributed by atoms with E-state index in [1.54, 1.807) is 0 Å². The molecule has 0 aromatic heterocycles. The van der Waals surface area contributed by atoms with E-state index in [1.165, 1.54) is 4.90 Å². The average molecular weight is 394 g/mol. The van der Waals surface area contributed by atoms with Crippen molar-refractivity contribution < 1.29 is 39.6 Å². The number of fused-ring (bicyclic) bond motifs is 1. The molecule has 4 atom stereocenters. The highest BCUT2D eigenvalue weighted by Crippen LogP contribution is 2.28. The largest absolute Gasteiger partial charge is 0.479 e. The molecule has 152 valence electrons. The zero-order valence-electron chi connectivity index (χ0n) is 14.9. The molecule has 1 aromatic carbocycles. The summed E-state index contributed by atoms with van der Waals surface area (Å²) in [4.78, 5) is 45.4. The zero-order valence-corrected chi connectivity index (χ0v) is 14.9. The van der Waals surface area contributed by atoms with Crippen molar-refractivity contribution in [2.75, 3.05) is 6.54 Å². The van der Waals surface area contributed by atoms with Gasteiger partial charge < -0.3 is 25.7 Å². The molecule has 3 rings (SSSR count). The van der Waals surface area contributed by atoms with Crippen molar-refractivity contribution in [2.45, 2.75) is 37.6 Å². The molecule has 28 heavy (non-hydrogen) atoms. The number of aliphatic hydroxyl groups is 2. The number of aliphatic carboxylic acids is 2. The van der Waals surface area contributed by atoms with Gasteiger partial charge in [-0.1, -0.05) is 30.3 Å². The van der Waals surface area contributed by atoms with Crippen LogP contribution in [0.25, 0.3) is 0 Å². The van der Waals surface area contributed by atoms with Gasteiger partial charge in [-0.25, -0.2) is 9.59 Å². The van der Waals surface area contributed by atoms with Gasteiger partial charge in [-0.15, -0.1) is 0 Å². The summed E-state index contributed by atoms with van der Waals surface area (Å²) in [7, 11) is 0. The van der Waals surface area contributed by atoms with Crippen molar-refractivity contribution in [1.29, 1.82) is 0 Å². The maximum absolute atomic E-state index is 12.2. The summed E-state index contributed by atoms with van der Waals surface area (Å²) < 4.78 is 0. The van der Waals surface area contributed by atoms with Crippen LogP contribution < -0.4 is 5.32 Å². The van der Waals surface area contributed by atoms with Gasteiger partial charge in [-0.2, -0.15) is 0 Å². The van der Waals surface area contributed by atoms with Crippen LogP contribution in [-0.2, 0) is 25.7 Å². The van der Waals surface area contributed by atoms with Gasteiger partial charge in [0.15, 0.2) is 12.2 Å². The fourth-order valence-corrected chi connectivity index (χ4v) is 3.08. The quantitative estimate of drug-likeness (QED) is 0.386. The van der Waals surface area contributed by atoms with Gasteiger partial charge in [0.1, 0.15) is 0 Å². The number of amides is 2. The van der Waals surface area contributed by atoms with Crippen molar-refractivity contribution in [1.82, 2.24) is 10.2 Å². The molecule has 2 amide bonds. The lowest BCUT2D eigenvalue weighted by molar-refractivity contribution is -0.165. The number of benzene rings is 1. The van der Waals surface area contributed by atoms with Crippen molar-refractivity contribution in [3.63, 3.8) is 0 Å². The first-order valence-corrected chi connectivity index (χ1v) is 8.68. The highest BCUT2D eigenvalue weighted by molar-refractivity contribution is 6.07. The Kier molecular flexibility index (Phi) is 7.21. The van der Waals surface area contributed by atoms with E-state index >= 15 is 0 Å². The molecule has 10 heteroatoms. The Morgan fingerprint density at radius 3 is 2.11 bits per heavy atom. The van der Waals surface area contributed by atoms with E-state index in [1.807, 2.05) is 30.3 Å². The molecule has 0 bridgehead atoms. The number of carboxylic acid groups (broad SMARTS) is 2. The lowest BCUT2D eigenvalue weighted by atomic mass is 9.93. The first kappa shape index (κ1) is 21.5.